The van der Waals surface area contributed by atoms with Gasteiger partial charge in [0.25, 0.3) is 0 Å². The summed E-state index contributed by atoms with van der Waals surface area (Å²) in [5, 5.41) is 0. The maximum atomic E-state index is 11.2. The van der Waals surface area contributed by atoms with E-state index in [1.165, 1.54) is 22.7 Å². The highest BCUT2D eigenvalue weighted by Gasteiger charge is 2.17. The van der Waals surface area contributed by atoms with Gasteiger partial charge in [-0.3, -0.25) is 9.59 Å². The van der Waals surface area contributed by atoms with Crippen molar-refractivity contribution in [2.45, 2.75) is 0 Å². The van der Waals surface area contributed by atoms with Crippen LogP contribution < -0.4 is 0 Å². The third-order valence-corrected chi connectivity index (χ3v) is 8.90. The lowest BCUT2D eigenvalue weighted by Crippen LogP contribution is -1.97. The van der Waals surface area contributed by atoms with Crippen molar-refractivity contribution in [3.05, 3.63) is 165 Å². The van der Waals surface area contributed by atoms with E-state index in [2.05, 4.69) is 97.1 Å². The zero-order valence-corrected chi connectivity index (χ0v) is 23.1. The van der Waals surface area contributed by atoms with Gasteiger partial charge in [0.2, 0.25) is 0 Å². The van der Waals surface area contributed by atoms with Gasteiger partial charge in [-0.05, 0) is 68.8 Å². The van der Waals surface area contributed by atoms with Crippen LogP contribution in [0.3, 0.4) is 0 Å². The molecular formula is C36H24O2S2. The topological polar surface area (TPSA) is 34.1 Å². The first kappa shape index (κ1) is 25.6. The largest absolute Gasteiger partial charge is 0.297 e. The minimum atomic E-state index is 0.723. The lowest BCUT2D eigenvalue weighted by molar-refractivity contribution is 0.111. The smallest absolute Gasteiger partial charge is 0.160 e. The summed E-state index contributed by atoms with van der Waals surface area (Å²) >= 11 is 3.00. The van der Waals surface area contributed by atoms with Crippen LogP contribution in [0.4, 0.5) is 0 Å². The third-order valence-electron chi connectivity index (χ3n) is 6.78. The van der Waals surface area contributed by atoms with Gasteiger partial charge in [0.05, 0.1) is 9.75 Å². The average molecular weight is 553 g/mol. The minimum Gasteiger partial charge on any atom is -0.297 e. The molecule has 2 aromatic heterocycles. The highest BCUT2D eigenvalue weighted by molar-refractivity contribution is 7.17. The molecule has 0 saturated carbocycles. The molecule has 4 heteroatoms. The van der Waals surface area contributed by atoms with Gasteiger partial charge in [0.1, 0.15) is 0 Å². The molecule has 0 amide bonds. The van der Waals surface area contributed by atoms with Crippen LogP contribution in [0.15, 0.2) is 133 Å². The first-order valence-corrected chi connectivity index (χ1v) is 14.5. The monoisotopic (exact) mass is 552 g/mol. The number of thiophene rings is 2. The molecule has 0 aliphatic carbocycles. The van der Waals surface area contributed by atoms with Crippen molar-refractivity contribution in [2.75, 3.05) is 0 Å². The Bertz CT molecular complexity index is 1660. The Kier molecular flexibility index (Phi) is 7.45. The van der Waals surface area contributed by atoms with Crippen LogP contribution in [0, 0.1) is 0 Å². The molecule has 6 rings (SSSR count). The van der Waals surface area contributed by atoms with E-state index in [4.69, 9.17) is 0 Å². The van der Waals surface area contributed by atoms with Crippen LogP contribution in [0.5, 0.6) is 0 Å². The van der Waals surface area contributed by atoms with Gasteiger partial charge in [0.15, 0.2) is 12.6 Å². The molecule has 40 heavy (non-hydrogen) atoms. The predicted octanol–water partition coefficient (Wildman–Crippen LogP) is 9.78. The average Bonchev–Trinajstić information content (AvgIpc) is 3.71. The van der Waals surface area contributed by atoms with Crippen molar-refractivity contribution in [1.82, 2.24) is 0 Å². The molecule has 0 bridgehead atoms. The Hall–Kier alpha value is -4.64. The van der Waals surface area contributed by atoms with Crippen molar-refractivity contribution >= 4 is 46.4 Å². The molecule has 2 nitrogen and oxygen atoms in total. The molecule has 4 aromatic carbocycles. The van der Waals surface area contributed by atoms with Gasteiger partial charge in [-0.2, -0.15) is 0 Å². The van der Waals surface area contributed by atoms with Crippen molar-refractivity contribution in [3.63, 3.8) is 0 Å². The number of rotatable bonds is 8. The summed E-state index contributed by atoms with van der Waals surface area (Å²) in [6, 6.07) is 45.9. The second-order valence-electron chi connectivity index (χ2n) is 9.28. The number of carbonyl (C=O) groups excluding carboxylic acids is 2. The fourth-order valence-electron chi connectivity index (χ4n) is 4.87. The van der Waals surface area contributed by atoms with Gasteiger partial charge >= 0.3 is 0 Å². The van der Waals surface area contributed by atoms with E-state index in [0.717, 1.165) is 76.6 Å². The van der Waals surface area contributed by atoms with Crippen LogP contribution in [0.1, 0.15) is 41.6 Å². The van der Waals surface area contributed by atoms with Gasteiger partial charge in [0, 0.05) is 9.75 Å². The van der Waals surface area contributed by atoms with Gasteiger partial charge < -0.3 is 0 Å². The maximum Gasteiger partial charge on any atom is 0.160 e. The molecular weight excluding hydrogens is 529 g/mol. The molecule has 0 aliphatic rings. The van der Waals surface area contributed by atoms with E-state index in [0.29, 0.717) is 0 Å². The van der Waals surface area contributed by atoms with Crippen LogP contribution >= 0.6 is 22.7 Å². The fraction of sp³-hybridized carbons (Fsp3) is 0. The Morgan fingerprint density at radius 2 is 0.750 bits per heavy atom. The summed E-state index contributed by atoms with van der Waals surface area (Å²) in [6.45, 7) is 0. The summed E-state index contributed by atoms with van der Waals surface area (Å²) in [4.78, 5) is 26.0. The van der Waals surface area contributed by atoms with E-state index in [1.807, 2.05) is 36.4 Å². The number of aldehydes is 2. The van der Waals surface area contributed by atoms with Crippen molar-refractivity contribution in [2.24, 2.45) is 0 Å². The second-order valence-corrected chi connectivity index (χ2v) is 11.5. The molecule has 6 aromatic rings. The molecule has 0 N–H and O–H groups in total. The normalized spacial score (nSPS) is 10.7. The highest BCUT2D eigenvalue weighted by Crippen LogP contribution is 2.39. The number of benzene rings is 4. The van der Waals surface area contributed by atoms with Crippen molar-refractivity contribution in [3.8, 4) is 20.9 Å². The van der Waals surface area contributed by atoms with Crippen LogP contribution in [0.25, 0.3) is 32.0 Å². The Morgan fingerprint density at radius 3 is 1.07 bits per heavy atom. The molecule has 0 radical (unpaired) electrons. The molecule has 0 unspecified atom stereocenters. The van der Waals surface area contributed by atoms with E-state index in [9.17, 15) is 9.59 Å². The van der Waals surface area contributed by atoms with Crippen LogP contribution in [0.2, 0.25) is 0 Å². The second kappa shape index (κ2) is 11.6. The first-order valence-electron chi connectivity index (χ1n) is 12.9. The zero-order valence-electron chi connectivity index (χ0n) is 21.5. The SMILES string of the molecule is O=Cc1ccc(-c2ccc(C(=C(c3ccccc3)c3ccccc3)c3ccc(-c4ccc(C=O)s4)cc3)cc2)s1. The fourth-order valence-corrected chi connectivity index (χ4v) is 6.52. The summed E-state index contributed by atoms with van der Waals surface area (Å²) in [6.07, 6.45) is 1.80. The van der Waals surface area contributed by atoms with E-state index in [1.54, 1.807) is 0 Å². The Balaban J connectivity index is 1.53. The molecule has 0 aliphatic heterocycles. The molecule has 2 heterocycles. The molecule has 192 valence electrons. The first-order chi connectivity index (χ1) is 19.7. The lowest BCUT2D eigenvalue weighted by atomic mass is 9.85. The predicted molar refractivity (Wildman–Crippen MR) is 168 cm³/mol. The van der Waals surface area contributed by atoms with Crippen molar-refractivity contribution in [1.29, 1.82) is 0 Å². The van der Waals surface area contributed by atoms with E-state index >= 15 is 0 Å². The summed E-state index contributed by atoms with van der Waals surface area (Å²) in [5.74, 6) is 0. The van der Waals surface area contributed by atoms with Gasteiger partial charge in [-0.15, -0.1) is 22.7 Å². The molecule has 0 spiro atoms. The molecule has 0 saturated heterocycles. The summed E-state index contributed by atoms with van der Waals surface area (Å²) in [5.41, 5.74) is 8.94. The van der Waals surface area contributed by atoms with Crippen LogP contribution in [-0.4, -0.2) is 12.6 Å². The summed E-state index contributed by atoms with van der Waals surface area (Å²) < 4.78 is 0. The quantitative estimate of drug-likeness (QED) is 0.139. The standard InChI is InChI=1S/C36H24O2S2/c37-23-31-19-21-33(39-31)25-11-15-29(16-12-25)36(30-17-13-26(14-18-30)34-22-20-32(24-38)40-34)35(27-7-3-1-4-8-27)28-9-5-2-6-10-28/h1-24H. The highest BCUT2D eigenvalue weighted by atomic mass is 32.1. The van der Waals surface area contributed by atoms with Gasteiger partial charge in [-0.1, -0.05) is 109 Å². The zero-order chi connectivity index (χ0) is 27.3. The summed E-state index contributed by atoms with van der Waals surface area (Å²) in [7, 11) is 0. The Labute approximate surface area is 241 Å². The number of hydrogen-bond acceptors (Lipinski definition) is 4. The van der Waals surface area contributed by atoms with Crippen LogP contribution in [-0.2, 0) is 0 Å². The maximum absolute atomic E-state index is 11.2. The van der Waals surface area contributed by atoms with Crippen molar-refractivity contribution < 1.29 is 9.59 Å². The van der Waals surface area contributed by atoms with E-state index in [-0.39, 0.29) is 0 Å². The number of carbonyl (C=O) groups is 2. The lowest BCUT2D eigenvalue weighted by Gasteiger charge is -2.18. The Morgan fingerprint density at radius 1 is 0.400 bits per heavy atom. The molecule has 0 fully saturated rings. The minimum absolute atomic E-state index is 0.723. The third kappa shape index (κ3) is 5.28. The molecule has 0 atom stereocenters. The van der Waals surface area contributed by atoms with Gasteiger partial charge in [-0.25, -0.2) is 0 Å². The number of hydrogen-bond donors (Lipinski definition) is 0. The van der Waals surface area contributed by atoms with E-state index < -0.39 is 0 Å².